The third-order valence-corrected chi connectivity index (χ3v) is 7.24. The average molecular weight is 437 g/mol. The van der Waals surface area contributed by atoms with E-state index in [-0.39, 0.29) is 12.7 Å². The third kappa shape index (κ3) is 2.96. The molecule has 164 valence electrons. The fraction of sp³-hybridized carbons (Fsp3) is 0.259. The monoisotopic (exact) mass is 437 g/mol. The van der Waals surface area contributed by atoms with Crippen LogP contribution >= 0.6 is 0 Å². The number of anilines is 2. The minimum Gasteiger partial charge on any atom is -0.454 e. The highest BCUT2D eigenvalue weighted by Crippen LogP contribution is 2.50. The van der Waals surface area contributed by atoms with Crippen molar-refractivity contribution in [2.75, 3.05) is 17.0 Å². The number of nitrogens with one attached hydrogen (secondary N) is 1. The van der Waals surface area contributed by atoms with Crippen LogP contribution in [0.2, 0.25) is 0 Å². The van der Waals surface area contributed by atoms with Crippen LogP contribution in [0.25, 0.3) is 0 Å². The molecule has 6 nitrogen and oxygen atoms in total. The topological polar surface area (TPSA) is 74.6 Å². The molecule has 1 saturated carbocycles. The second-order valence-electron chi connectivity index (χ2n) is 8.94. The van der Waals surface area contributed by atoms with E-state index in [0.29, 0.717) is 42.7 Å². The summed E-state index contributed by atoms with van der Waals surface area (Å²) in [7, 11) is 0. The molecule has 3 aliphatic rings. The van der Waals surface area contributed by atoms with Gasteiger partial charge in [-0.05, 0) is 55.5 Å². The normalized spacial score (nSPS) is 25.3. The smallest absolute Gasteiger partial charge is 0.262 e. The van der Waals surface area contributed by atoms with Gasteiger partial charge in [0.2, 0.25) is 6.79 Å². The van der Waals surface area contributed by atoms with Gasteiger partial charge in [-0.1, -0.05) is 42.5 Å². The van der Waals surface area contributed by atoms with Crippen LogP contribution < -0.4 is 19.7 Å². The molecule has 0 unspecified atom stereocenters. The minimum absolute atomic E-state index is 0.0487. The first-order valence-corrected chi connectivity index (χ1v) is 11.2. The van der Waals surface area contributed by atoms with E-state index in [2.05, 4.69) is 11.4 Å². The molecule has 2 heterocycles. The lowest BCUT2D eigenvalue weighted by Gasteiger charge is -2.53. The number of carbonyl (C=O) groups is 1. The Morgan fingerprint density at radius 1 is 0.879 bits per heavy atom. The molecular formula is C27H23N3O3. The molecule has 0 atom stereocenters. The van der Waals surface area contributed by atoms with Gasteiger partial charge >= 0.3 is 0 Å². The molecule has 0 radical (unpaired) electrons. The van der Waals surface area contributed by atoms with Gasteiger partial charge in [-0.3, -0.25) is 9.69 Å². The van der Waals surface area contributed by atoms with Crippen LogP contribution in [0.1, 0.15) is 41.6 Å². The summed E-state index contributed by atoms with van der Waals surface area (Å²) in [6.45, 7) is 0.181. The van der Waals surface area contributed by atoms with E-state index in [1.165, 1.54) is 0 Å². The maximum atomic E-state index is 13.8. The maximum absolute atomic E-state index is 13.8. The lowest BCUT2D eigenvalue weighted by molar-refractivity contribution is 0.0929. The lowest BCUT2D eigenvalue weighted by atomic mass is 9.66. The van der Waals surface area contributed by atoms with Crippen LogP contribution in [-0.2, 0) is 5.41 Å². The molecule has 3 aromatic carbocycles. The zero-order chi connectivity index (χ0) is 22.5. The van der Waals surface area contributed by atoms with E-state index >= 15 is 0 Å². The number of para-hydroxylation sites is 1. The number of fused-ring (bicyclic) bond motifs is 2. The van der Waals surface area contributed by atoms with Crippen molar-refractivity contribution in [3.8, 4) is 17.6 Å². The molecule has 6 heteroatoms. The van der Waals surface area contributed by atoms with E-state index in [1.807, 2.05) is 77.7 Å². The summed E-state index contributed by atoms with van der Waals surface area (Å²) in [5.74, 6) is 1.27. The number of nitrogens with zero attached hydrogens (tertiary/aromatic N) is 2. The predicted octanol–water partition coefficient (Wildman–Crippen LogP) is 5.22. The molecular weight excluding hydrogens is 414 g/mol. The van der Waals surface area contributed by atoms with Crippen LogP contribution in [0, 0.1) is 11.3 Å². The van der Waals surface area contributed by atoms with E-state index in [9.17, 15) is 10.1 Å². The molecule has 6 rings (SSSR count). The highest BCUT2D eigenvalue weighted by Gasteiger charge is 2.51. The SMILES string of the molecule is N#CC1(c2ccccc2)CCC2(CC1)Nc1ccccc1C(=O)N2c1ccc2c(c1)OCO2. The zero-order valence-electron chi connectivity index (χ0n) is 18.1. The molecule has 3 aromatic rings. The molecule has 0 bridgehead atoms. The van der Waals surface area contributed by atoms with Crippen molar-refractivity contribution in [2.45, 2.75) is 36.8 Å². The Morgan fingerprint density at radius 3 is 2.39 bits per heavy atom. The van der Waals surface area contributed by atoms with Crippen molar-refractivity contribution >= 4 is 17.3 Å². The van der Waals surface area contributed by atoms with E-state index in [0.717, 1.165) is 16.9 Å². The minimum atomic E-state index is -0.631. The summed E-state index contributed by atoms with van der Waals surface area (Å²) in [5, 5.41) is 13.9. The van der Waals surface area contributed by atoms with Gasteiger partial charge in [-0.25, -0.2) is 0 Å². The van der Waals surface area contributed by atoms with Gasteiger partial charge in [0.1, 0.15) is 5.66 Å². The average Bonchev–Trinajstić information content (AvgIpc) is 3.34. The van der Waals surface area contributed by atoms with Crippen molar-refractivity contribution in [3.05, 3.63) is 83.9 Å². The molecule has 1 N–H and O–H groups in total. The number of ether oxygens (including phenoxy) is 2. The van der Waals surface area contributed by atoms with E-state index < -0.39 is 11.1 Å². The number of hydrogen-bond acceptors (Lipinski definition) is 5. The van der Waals surface area contributed by atoms with Crippen molar-refractivity contribution in [2.24, 2.45) is 0 Å². The van der Waals surface area contributed by atoms with Gasteiger partial charge in [0.05, 0.1) is 22.7 Å². The number of hydrogen-bond donors (Lipinski definition) is 1. The molecule has 2 aliphatic heterocycles. The number of benzene rings is 3. The van der Waals surface area contributed by atoms with Crippen molar-refractivity contribution < 1.29 is 14.3 Å². The molecule has 1 aliphatic carbocycles. The summed E-state index contributed by atoms with van der Waals surface area (Å²) in [4.78, 5) is 15.7. The van der Waals surface area contributed by atoms with Gasteiger partial charge in [0, 0.05) is 11.8 Å². The molecule has 1 amide bonds. The Hall–Kier alpha value is -3.98. The summed E-state index contributed by atoms with van der Waals surface area (Å²) < 4.78 is 11.1. The Balaban J connectivity index is 1.43. The summed E-state index contributed by atoms with van der Waals surface area (Å²) >= 11 is 0. The predicted molar refractivity (Wildman–Crippen MR) is 124 cm³/mol. The van der Waals surface area contributed by atoms with Crippen molar-refractivity contribution in [1.82, 2.24) is 0 Å². The van der Waals surface area contributed by atoms with Crippen molar-refractivity contribution in [1.29, 1.82) is 5.26 Å². The van der Waals surface area contributed by atoms with Crippen molar-refractivity contribution in [3.63, 3.8) is 0 Å². The van der Waals surface area contributed by atoms with Gasteiger partial charge < -0.3 is 14.8 Å². The van der Waals surface area contributed by atoms with Gasteiger partial charge in [-0.2, -0.15) is 5.26 Å². The summed E-state index contributed by atoms with van der Waals surface area (Å²) in [5.41, 5.74) is 2.09. The number of rotatable bonds is 2. The standard InChI is InChI=1S/C27H23N3O3/c28-17-26(19-6-2-1-3-7-19)12-14-27(15-13-26)29-22-9-5-4-8-21(22)25(31)30(27)20-10-11-23-24(16-20)33-18-32-23/h1-11,16,29H,12-15,18H2. The zero-order valence-corrected chi connectivity index (χ0v) is 18.1. The Bertz CT molecular complexity index is 1270. The first-order valence-electron chi connectivity index (χ1n) is 11.2. The second-order valence-corrected chi connectivity index (χ2v) is 8.94. The van der Waals surface area contributed by atoms with Crippen LogP contribution in [0.4, 0.5) is 11.4 Å². The summed E-state index contributed by atoms with van der Waals surface area (Å²) in [6, 6.07) is 25.9. The number of nitriles is 1. The molecule has 1 spiro atoms. The highest BCUT2D eigenvalue weighted by molar-refractivity contribution is 6.13. The number of carbonyl (C=O) groups excluding carboxylic acids is 1. The quantitative estimate of drug-likeness (QED) is 0.595. The van der Waals surface area contributed by atoms with Gasteiger partial charge in [-0.15, -0.1) is 0 Å². The maximum Gasteiger partial charge on any atom is 0.262 e. The molecule has 0 saturated heterocycles. The lowest BCUT2D eigenvalue weighted by Crippen LogP contribution is -2.63. The van der Waals surface area contributed by atoms with Crippen LogP contribution in [0.3, 0.4) is 0 Å². The molecule has 0 aromatic heterocycles. The van der Waals surface area contributed by atoms with Crippen LogP contribution in [-0.4, -0.2) is 18.4 Å². The second kappa shape index (κ2) is 7.28. The van der Waals surface area contributed by atoms with E-state index in [4.69, 9.17) is 9.47 Å². The molecule has 33 heavy (non-hydrogen) atoms. The summed E-state index contributed by atoms with van der Waals surface area (Å²) in [6.07, 6.45) is 2.59. The third-order valence-electron chi connectivity index (χ3n) is 7.24. The largest absolute Gasteiger partial charge is 0.454 e. The highest BCUT2D eigenvalue weighted by atomic mass is 16.7. The first kappa shape index (κ1) is 19.7. The van der Waals surface area contributed by atoms with Crippen LogP contribution in [0.15, 0.2) is 72.8 Å². The Labute approximate surface area is 192 Å². The fourth-order valence-electron chi connectivity index (χ4n) is 5.45. The van der Waals surface area contributed by atoms with E-state index in [1.54, 1.807) is 0 Å². The Morgan fingerprint density at radius 2 is 1.61 bits per heavy atom. The molecule has 1 fully saturated rings. The number of amides is 1. The Kier molecular flexibility index (Phi) is 4.34. The van der Waals surface area contributed by atoms with Gasteiger partial charge in [0.15, 0.2) is 11.5 Å². The first-order chi connectivity index (χ1) is 16.1. The van der Waals surface area contributed by atoms with Gasteiger partial charge in [0.25, 0.3) is 5.91 Å². The van der Waals surface area contributed by atoms with Crippen LogP contribution in [0.5, 0.6) is 11.5 Å². The fourth-order valence-corrected chi connectivity index (χ4v) is 5.45.